The standard InChI is InChI=1S/C27H27F2N3O5/c28-21-13-19-23(32(18-6-7-18)15-20(25(19)33)27(36)37)22(29)24(21)31-10-8-30(9-11-31)14-17(26(34)35)12-16-4-2-1-3-5-16/h1-5,13,15,17-18H,6-12,14H2,(H,34,35)(H,36,37). The predicted octanol–water partition coefficient (Wildman–Crippen LogP) is 3.38. The molecule has 1 saturated heterocycles. The number of hydrogen-bond donors (Lipinski definition) is 2. The number of carboxylic acids is 2. The summed E-state index contributed by atoms with van der Waals surface area (Å²) < 4.78 is 32.5. The van der Waals surface area contributed by atoms with E-state index in [1.54, 1.807) is 4.90 Å². The van der Waals surface area contributed by atoms with Crippen LogP contribution in [0, 0.1) is 17.6 Å². The van der Waals surface area contributed by atoms with Crippen molar-refractivity contribution >= 4 is 28.5 Å². The minimum absolute atomic E-state index is 0.0786. The Balaban J connectivity index is 1.38. The highest BCUT2D eigenvalue weighted by Gasteiger charge is 2.32. The molecule has 1 aromatic heterocycles. The maximum atomic E-state index is 15.9. The molecule has 37 heavy (non-hydrogen) atoms. The molecule has 2 heterocycles. The minimum atomic E-state index is -1.44. The number of benzene rings is 2. The first kappa shape index (κ1) is 24.9. The van der Waals surface area contributed by atoms with Crippen LogP contribution in [-0.2, 0) is 11.2 Å². The summed E-state index contributed by atoms with van der Waals surface area (Å²) in [6.45, 7) is 1.71. The molecule has 1 aliphatic heterocycles. The molecule has 5 rings (SSSR count). The Morgan fingerprint density at radius 3 is 2.30 bits per heavy atom. The van der Waals surface area contributed by atoms with Crippen molar-refractivity contribution in [1.82, 2.24) is 9.47 Å². The van der Waals surface area contributed by atoms with Crippen LogP contribution in [0.3, 0.4) is 0 Å². The number of nitrogens with zero attached hydrogens (tertiary/aromatic N) is 3. The normalized spacial score (nSPS) is 17.2. The molecule has 1 aliphatic carbocycles. The third-order valence-electron chi connectivity index (χ3n) is 7.20. The Labute approximate surface area is 211 Å². The number of hydrogen-bond acceptors (Lipinski definition) is 5. The number of carboxylic acid groups (broad SMARTS) is 2. The van der Waals surface area contributed by atoms with Gasteiger partial charge in [-0.1, -0.05) is 30.3 Å². The monoisotopic (exact) mass is 511 g/mol. The SMILES string of the molecule is O=C(O)c1cn(C2CC2)c2c(F)c(N3CCN(CC(Cc4ccccc4)C(=O)O)CC3)c(F)cc2c1=O. The van der Waals surface area contributed by atoms with Gasteiger partial charge in [0.2, 0.25) is 5.43 Å². The summed E-state index contributed by atoms with van der Waals surface area (Å²) in [5.41, 5.74) is -0.815. The highest BCUT2D eigenvalue weighted by Crippen LogP contribution is 2.39. The number of carbonyl (C=O) groups is 2. The molecule has 194 valence electrons. The molecule has 0 spiro atoms. The number of aromatic carboxylic acids is 1. The quantitative estimate of drug-likeness (QED) is 0.478. The number of halogens is 2. The van der Waals surface area contributed by atoms with E-state index in [0.29, 0.717) is 26.1 Å². The molecule has 8 nitrogen and oxygen atoms in total. The molecule has 2 aromatic carbocycles. The minimum Gasteiger partial charge on any atom is -0.481 e. The molecule has 3 aromatic rings. The fraction of sp³-hybridized carbons (Fsp3) is 0.370. The Bertz CT molecular complexity index is 1410. The highest BCUT2D eigenvalue weighted by atomic mass is 19.1. The number of fused-ring (bicyclic) bond motifs is 1. The van der Waals surface area contributed by atoms with E-state index in [4.69, 9.17) is 0 Å². The van der Waals surface area contributed by atoms with Crippen LogP contribution in [0.5, 0.6) is 0 Å². The van der Waals surface area contributed by atoms with Crippen molar-refractivity contribution in [2.75, 3.05) is 37.6 Å². The molecular formula is C27H27F2N3O5. The van der Waals surface area contributed by atoms with Crippen LogP contribution < -0.4 is 10.3 Å². The molecule has 2 aliphatic rings. The van der Waals surface area contributed by atoms with Crippen LogP contribution >= 0.6 is 0 Å². The zero-order valence-corrected chi connectivity index (χ0v) is 20.1. The van der Waals surface area contributed by atoms with Crippen molar-refractivity contribution in [1.29, 1.82) is 0 Å². The van der Waals surface area contributed by atoms with Crippen LogP contribution in [0.2, 0.25) is 0 Å². The Hall–Kier alpha value is -3.79. The van der Waals surface area contributed by atoms with E-state index >= 15 is 8.78 Å². The second kappa shape index (κ2) is 9.93. The predicted molar refractivity (Wildman–Crippen MR) is 133 cm³/mol. The summed E-state index contributed by atoms with van der Waals surface area (Å²) in [4.78, 5) is 39.7. The summed E-state index contributed by atoms with van der Waals surface area (Å²) in [7, 11) is 0. The summed E-state index contributed by atoms with van der Waals surface area (Å²) in [5, 5.41) is 18.8. The first-order valence-electron chi connectivity index (χ1n) is 12.3. The molecule has 1 atom stereocenters. The first-order valence-corrected chi connectivity index (χ1v) is 12.3. The highest BCUT2D eigenvalue weighted by molar-refractivity contribution is 5.94. The van der Waals surface area contributed by atoms with Crippen LogP contribution in [0.25, 0.3) is 10.9 Å². The van der Waals surface area contributed by atoms with Crippen LogP contribution in [0.4, 0.5) is 14.5 Å². The second-order valence-electron chi connectivity index (χ2n) is 9.75. The lowest BCUT2D eigenvalue weighted by atomic mass is 9.98. The van der Waals surface area contributed by atoms with Gasteiger partial charge in [0.1, 0.15) is 17.1 Å². The van der Waals surface area contributed by atoms with E-state index in [9.17, 15) is 24.6 Å². The second-order valence-corrected chi connectivity index (χ2v) is 9.75. The van der Waals surface area contributed by atoms with Gasteiger partial charge >= 0.3 is 11.9 Å². The van der Waals surface area contributed by atoms with E-state index < -0.39 is 40.5 Å². The Morgan fingerprint density at radius 2 is 1.70 bits per heavy atom. The smallest absolute Gasteiger partial charge is 0.341 e. The van der Waals surface area contributed by atoms with Crippen LogP contribution in [0.15, 0.2) is 47.4 Å². The van der Waals surface area contributed by atoms with Gasteiger partial charge in [-0.25, -0.2) is 13.6 Å². The molecule has 1 saturated carbocycles. The van der Waals surface area contributed by atoms with Gasteiger partial charge in [-0.2, -0.15) is 0 Å². The summed E-state index contributed by atoms with van der Waals surface area (Å²) in [5.74, 6) is -4.74. The summed E-state index contributed by atoms with van der Waals surface area (Å²) >= 11 is 0. The molecule has 0 bridgehead atoms. The number of rotatable bonds is 8. The van der Waals surface area contributed by atoms with Crippen molar-refractivity contribution in [2.24, 2.45) is 5.92 Å². The van der Waals surface area contributed by atoms with E-state index in [-0.39, 0.29) is 35.7 Å². The number of aliphatic carboxylic acids is 1. The lowest BCUT2D eigenvalue weighted by Crippen LogP contribution is -2.49. The summed E-state index contributed by atoms with van der Waals surface area (Å²) in [6.07, 6.45) is 2.98. The molecule has 0 amide bonds. The summed E-state index contributed by atoms with van der Waals surface area (Å²) in [6, 6.07) is 10.2. The molecule has 2 fully saturated rings. The molecule has 0 radical (unpaired) electrons. The maximum Gasteiger partial charge on any atom is 0.341 e. The lowest BCUT2D eigenvalue weighted by Gasteiger charge is -2.37. The van der Waals surface area contributed by atoms with Crippen molar-refractivity contribution in [3.05, 3.63) is 75.6 Å². The van der Waals surface area contributed by atoms with Crippen molar-refractivity contribution in [3.8, 4) is 0 Å². The molecular weight excluding hydrogens is 484 g/mol. The van der Waals surface area contributed by atoms with Gasteiger partial charge in [-0.05, 0) is 30.9 Å². The molecule has 1 unspecified atom stereocenters. The van der Waals surface area contributed by atoms with Gasteiger partial charge in [0.05, 0.1) is 16.8 Å². The maximum absolute atomic E-state index is 15.9. The van der Waals surface area contributed by atoms with E-state index in [1.807, 2.05) is 35.2 Å². The fourth-order valence-corrected chi connectivity index (χ4v) is 5.11. The zero-order valence-electron chi connectivity index (χ0n) is 20.1. The molecule has 2 N–H and O–H groups in total. The largest absolute Gasteiger partial charge is 0.481 e. The zero-order chi connectivity index (χ0) is 26.3. The fourth-order valence-electron chi connectivity index (χ4n) is 5.11. The Kier molecular flexibility index (Phi) is 6.68. The molecule has 10 heteroatoms. The number of anilines is 1. The van der Waals surface area contributed by atoms with Gasteiger partial charge in [-0.3, -0.25) is 14.5 Å². The van der Waals surface area contributed by atoms with Gasteiger partial charge in [-0.15, -0.1) is 0 Å². The van der Waals surface area contributed by atoms with Gasteiger partial charge < -0.3 is 19.7 Å². The number of aromatic nitrogens is 1. The topological polar surface area (TPSA) is 103 Å². The first-order chi connectivity index (χ1) is 17.7. The van der Waals surface area contributed by atoms with Crippen molar-refractivity contribution in [2.45, 2.75) is 25.3 Å². The van der Waals surface area contributed by atoms with E-state index in [2.05, 4.69) is 0 Å². The average Bonchev–Trinajstić information content (AvgIpc) is 3.71. The van der Waals surface area contributed by atoms with Crippen molar-refractivity contribution in [3.63, 3.8) is 0 Å². The number of piperazine rings is 1. The van der Waals surface area contributed by atoms with Gasteiger partial charge in [0.15, 0.2) is 5.82 Å². The number of pyridine rings is 1. The van der Waals surface area contributed by atoms with E-state index in [0.717, 1.165) is 30.7 Å². The average molecular weight is 512 g/mol. The van der Waals surface area contributed by atoms with Gasteiger partial charge in [0, 0.05) is 45.0 Å². The van der Waals surface area contributed by atoms with Crippen LogP contribution in [-0.4, -0.2) is 64.3 Å². The van der Waals surface area contributed by atoms with Crippen molar-refractivity contribution < 1.29 is 28.6 Å². The third kappa shape index (κ3) is 4.93. The van der Waals surface area contributed by atoms with Crippen LogP contribution in [0.1, 0.15) is 34.8 Å². The van der Waals surface area contributed by atoms with E-state index in [1.165, 1.54) is 4.57 Å². The lowest BCUT2D eigenvalue weighted by molar-refractivity contribution is -0.142. The Morgan fingerprint density at radius 1 is 1.03 bits per heavy atom. The van der Waals surface area contributed by atoms with Gasteiger partial charge in [0.25, 0.3) is 0 Å². The third-order valence-corrected chi connectivity index (χ3v) is 7.20.